The Morgan fingerprint density at radius 3 is 2.44 bits per heavy atom. The number of hydrogen-bond donors (Lipinski definition) is 1. The number of anilines is 1. The number of benzene rings is 1. The van der Waals surface area contributed by atoms with Crippen LogP contribution in [0, 0.1) is 25.5 Å². The third kappa shape index (κ3) is 1.69. The summed E-state index contributed by atoms with van der Waals surface area (Å²) >= 11 is 1.39. The number of aryl methyl sites for hydroxylation is 1. The first-order chi connectivity index (χ1) is 7.50. The van der Waals surface area contributed by atoms with Gasteiger partial charge in [0.2, 0.25) is 0 Å². The van der Waals surface area contributed by atoms with E-state index in [1.165, 1.54) is 17.4 Å². The summed E-state index contributed by atoms with van der Waals surface area (Å²) in [5, 5.41) is 0.527. The fraction of sp³-hybridized carbons (Fsp3) is 0.167. The van der Waals surface area contributed by atoms with Crippen LogP contribution in [0.15, 0.2) is 18.2 Å². The number of thiophene rings is 1. The normalized spacial score (nSPS) is 10.8. The highest BCUT2D eigenvalue weighted by Crippen LogP contribution is 2.39. The van der Waals surface area contributed by atoms with E-state index in [2.05, 4.69) is 0 Å². The molecule has 16 heavy (non-hydrogen) atoms. The van der Waals surface area contributed by atoms with Crippen molar-refractivity contribution in [2.75, 3.05) is 5.73 Å². The molecule has 4 heteroatoms. The second-order valence-corrected chi connectivity index (χ2v) is 4.90. The Morgan fingerprint density at radius 2 is 1.88 bits per heavy atom. The predicted octanol–water partition coefficient (Wildman–Crippen LogP) is 3.89. The third-order valence-corrected chi connectivity index (χ3v) is 3.65. The van der Waals surface area contributed by atoms with Crippen molar-refractivity contribution in [3.63, 3.8) is 0 Å². The molecule has 0 aliphatic heterocycles. The van der Waals surface area contributed by atoms with Gasteiger partial charge in [-0.3, -0.25) is 0 Å². The molecule has 0 saturated heterocycles. The van der Waals surface area contributed by atoms with Gasteiger partial charge >= 0.3 is 0 Å². The molecule has 0 fully saturated rings. The largest absolute Gasteiger partial charge is 0.390 e. The van der Waals surface area contributed by atoms with Crippen LogP contribution in [-0.2, 0) is 0 Å². The van der Waals surface area contributed by atoms with Crippen LogP contribution in [0.4, 0.5) is 13.8 Å². The molecule has 84 valence electrons. The van der Waals surface area contributed by atoms with Crippen molar-refractivity contribution in [1.82, 2.24) is 0 Å². The monoisotopic (exact) mass is 239 g/mol. The zero-order chi connectivity index (χ0) is 11.9. The Kier molecular flexibility index (Phi) is 2.68. The maximum Gasteiger partial charge on any atom is 0.131 e. The van der Waals surface area contributed by atoms with Crippen LogP contribution < -0.4 is 5.73 Å². The van der Waals surface area contributed by atoms with Crippen molar-refractivity contribution in [2.24, 2.45) is 0 Å². The second-order valence-electron chi connectivity index (χ2n) is 3.65. The first kappa shape index (κ1) is 11.1. The summed E-state index contributed by atoms with van der Waals surface area (Å²) in [5.74, 6) is -0.909. The number of nitrogen functional groups attached to an aromatic ring is 1. The SMILES string of the molecule is Cc1sc(N)c(-c2cc(F)ccc2F)c1C. The zero-order valence-corrected chi connectivity index (χ0v) is 9.79. The molecule has 0 amide bonds. The Hall–Kier alpha value is -1.42. The van der Waals surface area contributed by atoms with Gasteiger partial charge in [0, 0.05) is 16.0 Å². The standard InChI is InChI=1S/C12H11F2NS/c1-6-7(2)16-12(15)11(6)9-5-8(13)3-4-10(9)14/h3-5H,15H2,1-2H3. The zero-order valence-electron chi connectivity index (χ0n) is 8.97. The van der Waals surface area contributed by atoms with Crippen molar-refractivity contribution >= 4 is 16.3 Å². The lowest BCUT2D eigenvalue weighted by atomic mass is 10.0. The van der Waals surface area contributed by atoms with Gasteiger partial charge in [-0.05, 0) is 37.6 Å². The smallest absolute Gasteiger partial charge is 0.131 e. The molecule has 0 spiro atoms. The molecular formula is C12H11F2NS. The third-order valence-electron chi connectivity index (χ3n) is 2.61. The minimum atomic E-state index is -0.459. The summed E-state index contributed by atoms with van der Waals surface area (Å²) in [6.45, 7) is 3.78. The lowest BCUT2D eigenvalue weighted by Crippen LogP contribution is -1.91. The van der Waals surface area contributed by atoms with Gasteiger partial charge in [0.1, 0.15) is 11.6 Å². The van der Waals surface area contributed by atoms with E-state index in [9.17, 15) is 8.78 Å². The molecule has 0 aliphatic carbocycles. The van der Waals surface area contributed by atoms with E-state index in [1.54, 1.807) is 0 Å². The number of nitrogens with two attached hydrogens (primary N) is 1. The van der Waals surface area contributed by atoms with E-state index in [4.69, 9.17) is 5.73 Å². The van der Waals surface area contributed by atoms with Crippen molar-refractivity contribution in [2.45, 2.75) is 13.8 Å². The van der Waals surface area contributed by atoms with E-state index in [0.717, 1.165) is 22.6 Å². The molecule has 0 unspecified atom stereocenters. The van der Waals surface area contributed by atoms with E-state index < -0.39 is 11.6 Å². The second kappa shape index (κ2) is 3.87. The number of rotatable bonds is 1. The van der Waals surface area contributed by atoms with Crippen LogP contribution in [-0.4, -0.2) is 0 Å². The topological polar surface area (TPSA) is 26.0 Å². The highest BCUT2D eigenvalue weighted by atomic mass is 32.1. The fourth-order valence-electron chi connectivity index (χ4n) is 1.68. The van der Waals surface area contributed by atoms with Gasteiger partial charge in [0.15, 0.2) is 0 Å². The van der Waals surface area contributed by atoms with Gasteiger partial charge in [0.05, 0.1) is 5.00 Å². The van der Waals surface area contributed by atoms with Crippen LogP contribution in [0.3, 0.4) is 0 Å². The maximum absolute atomic E-state index is 13.6. The van der Waals surface area contributed by atoms with Crippen LogP contribution in [0.1, 0.15) is 10.4 Å². The average Bonchev–Trinajstić information content (AvgIpc) is 2.46. The Labute approximate surface area is 96.5 Å². The fourth-order valence-corrected chi connectivity index (χ4v) is 2.63. The van der Waals surface area contributed by atoms with Crippen LogP contribution in [0.5, 0.6) is 0 Å². The van der Waals surface area contributed by atoms with Crippen molar-refractivity contribution in [3.05, 3.63) is 40.3 Å². The van der Waals surface area contributed by atoms with Gasteiger partial charge < -0.3 is 5.73 Å². The molecule has 1 heterocycles. The molecule has 0 bridgehead atoms. The summed E-state index contributed by atoms with van der Waals surface area (Å²) in [5.41, 5.74) is 7.58. The molecule has 2 aromatic rings. The van der Waals surface area contributed by atoms with Crippen LogP contribution in [0.25, 0.3) is 11.1 Å². The lowest BCUT2D eigenvalue weighted by Gasteiger charge is -2.04. The van der Waals surface area contributed by atoms with Gasteiger partial charge in [-0.2, -0.15) is 0 Å². The lowest BCUT2D eigenvalue weighted by molar-refractivity contribution is 0.603. The van der Waals surface area contributed by atoms with E-state index >= 15 is 0 Å². The molecule has 0 atom stereocenters. The number of halogens is 2. The molecule has 0 saturated carbocycles. The molecule has 2 N–H and O–H groups in total. The van der Waals surface area contributed by atoms with Crippen molar-refractivity contribution < 1.29 is 8.78 Å². The minimum absolute atomic E-state index is 0.236. The average molecular weight is 239 g/mol. The Morgan fingerprint density at radius 1 is 1.19 bits per heavy atom. The highest BCUT2D eigenvalue weighted by molar-refractivity contribution is 7.16. The molecule has 2 rings (SSSR count). The Bertz CT molecular complexity index is 546. The first-order valence-corrected chi connectivity index (χ1v) is 5.63. The summed E-state index contributed by atoms with van der Waals surface area (Å²) in [7, 11) is 0. The quantitative estimate of drug-likeness (QED) is 0.802. The van der Waals surface area contributed by atoms with Gasteiger partial charge in [-0.15, -0.1) is 11.3 Å². The van der Waals surface area contributed by atoms with Crippen LogP contribution in [0.2, 0.25) is 0 Å². The molecule has 0 radical (unpaired) electrons. The maximum atomic E-state index is 13.6. The predicted molar refractivity (Wildman–Crippen MR) is 63.6 cm³/mol. The van der Waals surface area contributed by atoms with Crippen LogP contribution >= 0.6 is 11.3 Å². The summed E-state index contributed by atoms with van der Waals surface area (Å²) in [6.07, 6.45) is 0. The number of hydrogen-bond acceptors (Lipinski definition) is 2. The van der Waals surface area contributed by atoms with E-state index in [0.29, 0.717) is 10.6 Å². The molecular weight excluding hydrogens is 228 g/mol. The molecule has 1 aromatic heterocycles. The van der Waals surface area contributed by atoms with Gasteiger partial charge in [-0.25, -0.2) is 8.78 Å². The Balaban J connectivity index is 2.71. The highest BCUT2D eigenvalue weighted by Gasteiger charge is 2.16. The minimum Gasteiger partial charge on any atom is -0.390 e. The summed E-state index contributed by atoms with van der Waals surface area (Å²) in [4.78, 5) is 1.02. The molecule has 1 nitrogen and oxygen atoms in total. The first-order valence-electron chi connectivity index (χ1n) is 4.81. The van der Waals surface area contributed by atoms with Gasteiger partial charge in [0.25, 0.3) is 0 Å². The molecule has 0 aliphatic rings. The molecule has 1 aromatic carbocycles. The van der Waals surface area contributed by atoms with Crippen molar-refractivity contribution in [3.8, 4) is 11.1 Å². The van der Waals surface area contributed by atoms with E-state index in [1.807, 2.05) is 13.8 Å². The van der Waals surface area contributed by atoms with Gasteiger partial charge in [-0.1, -0.05) is 0 Å². The van der Waals surface area contributed by atoms with Crippen molar-refractivity contribution in [1.29, 1.82) is 0 Å². The summed E-state index contributed by atoms with van der Waals surface area (Å²) < 4.78 is 26.7. The summed E-state index contributed by atoms with van der Waals surface area (Å²) in [6, 6.07) is 3.40. The van der Waals surface area contributed by atoms with E-state index in [-0.39, 0.29) is 5.56 Å².